The smallest absolute Gasteiger partial charge is 0.390 e. The van der Waals surface area contributed by atoms with Gasteiger partial charge in [-0.15, -0.1) is 4.40 Å². The Balaban J connectivity index is 2.11. The summed E-state index contributed by atoms with van der Waals surface area (Å²) in [6.45, 7) is 2.15. The second-order valence-electron chi connectivity index (χ2n) is 6.28. The highest BCUT2D eigenvalue weighted by Gasteiger charge is 2.32. The highest BCUT2D eigenvalue weighted by atomic mass is 32.1. The first-order valence-corrected chi connectivity index (χ1v) is 9.37. The van der Waals surface area contributed by atoms with Crippen LogP contribution < -0.4 is 4.40 Å². The molecular weight excluding hydrogens is 316 g/mol. The van der Waals surface area contributed by atoms with E-state index in [2.05, 4.69) is 6.92 Å². The van der Waals surface area contributed by atoms with Crippen LogP contribution in [-0.4, -0.2) is 11.3 Å². The molecule has 4 heteroatoms. The number of nitrogens with one attached hydrogen (secondary N) is 1. The predicted molar refractivity (Wildman–Crippen MR) is 98.5 cm³/mol. The highest BCUT2D eigenvalue weighted by molar-refractivity contribution is 7.20. The van der Waals surface area contributed by atoms with Crippen LogP contribution in [0.15, 0.2) is 30.3 Å². The quantitative estimate of drug-likeness (QED) is 0.543. The van der Waals surface area contributed by atoms with Gasteiger partial charge < -0.3 is 10.5 Å². The van der Waals surface area contributed by atoms with Gasteiger partial charge in [0, 0.05) is 23.8 Å². The van der Waals surface area contributed by atoms with Crippen LogP contribution in [0.5, 0.6) is 5.88 Å². The van der Waals surface area contributed by atoms with E-state index < -0.39 is 0 Å². The molecule has 2 aromatic heterocycles. The number of benzene rings is 1. The summed E-state index contributed by atoms with van der Waals surface area (Å²) < 4.78 is 2.00. The van der Waals surface area contributed by atoms with Gasteiger partial charge in [-0.25, -0.2) is 0 Å². The topological polar surface area (TPSA) is 48.2 Å². The first-order chi connectivity index (χ1) is 11.8. The molecule has 122 valence electrons. The molecule has 0 fully saturated rings. The maximum Gasteiger partial charge on any atom is 0.390 e. The average Bonchev–Trinajstić information content (AvgIpc) is 2.97. The number of pyridine rings is 1. The molecule has 3 nitrogen and oxygen atoms in total. The minimum atomic E-state index is 0.314. The zero-order valence-electron chi connectivity index (χ0n) is 13.8. The first-order valence-electron chi connectivity index (χ1n) is 8.56. The van der Waals surface area contributed by atoms with Gasteiger partial charge in [-0.2, -0.15) is 0 Å². The molecule has 0 radical (unpaired) electrons. The number of nitrogens with zero attached hydrogens (tertiary/aromatic N) is 1. The molecule has 1 aromatic carbocycles. The normalized spacial score (nSPS) is 13.9. The molecule has 0 atom stereocenters. The maximum atomic E-state index is 11.0. The molecule has 3 aromatic rings. The first kappa shape index (κ1) is 15.3. The summed E-state index contributed by atoms with van der Waals surface area (Å²) >= 11 is 1.59. The van der Waals surface area contributed by atoms with E-state index in [9.17, 15) is 5.11 Å². The van der Waals surface area contributed by atoms with E-state index in [-0.39, 0.29) is 0 Å². The Morgan fingerprint density at radius 3 is 2.54 bits per heavy atom. The van der Waals surface area contributed by atoms with Gasteiger partial charge in [-0.05, 0) is 31.2 Å². The zero-order valence-corrected chi connectivity index (χ0v) is 14.6. The lowest BCUT2D eigenvalue weighted by Crippen LogP contribution is -2.31. The Morgan fingerprint density at radius 1 is 1.17 bits per heavy atom. The number of aromatic hydroxyl groups is 1. The molecule has 0 amide bonds. The lowest BCUT2D eigenvalue weighted by molar-refractivity contribution is -0.527. The fourth-order valence-corrected chi connectivity index (χ4v) is 5.10. The maximum absolute atomic E-state index is 11.0. The molecule has 0 saturated carbocycles. The zero-order chi connectivity index (χ0) is 16.7. The summed E-state index contributed by atoms with van der Waals surface area (Å²) in [5.74, 6) is 0.314. The standard InChI is InChI=1S/C20H20N2OS/c1-2-17-15-11-7-6-10-14(15)16(12-21)20-22(17)19(23)18(24-20)13-8-4-3-5-9-13/h3-5,8-9,12,21H,2,6-7,10-11H2,1H3/p+1. The molecular formula is C20H21N2OS+. The average molecular weight is 337 g/mol. The highest BCUT2D eigenvalue weighted by Crippen LogP contribution is 2.38. The third-order valence-corrected chi connectivity index (χ3v) is 6.19. The van der Waals surface area contributed by atoms with E-state index in [1.807, 2.05) is 34.7 Å². The van der Waals surface area contributed by atoms with Gasteiger partial charge in [0.05, 0.1) is 5.56 Å². The lowest BCUT2D eigenvalue weighted by Gasteiger charge is -2.18. The van der Waals surface area contributed by atoms with E-state index in [4.69, 9.17) is 5.41 Å². The summed E-state index contributed by atoms with van der Waals surface area (Å²) in [4.78, 5) is 1.88. The third-order valence-electron chi connectivity index (χ3n) is 4.97. The number of hydrogen-bond donors (Lipinski definition) is 2. The van der Waals surface area contributed by atoms with Crippen molar-refractivity contribution in [1.82, 2.24) is 0 Å². The van der Waals surface area contributed by atoms with Crippen LogP contribution in [0, 0.1) is 5.41 Å². The Kier molecular flexibility index (Phi) is 3.85. The van der Waals surface area contributed by atoms with Crippen LogP contribution in [-0.2, 0) is 19.3 Å². The van der Waals surface area contributed by atoms with Crippen LogP contribution in [0.2, 0.25) is 0 Å². The fourth-order valence-electron chi connectivity index (χ4n) is 3.89. The van der Waals surface area contributed by atoms with Crippen LogP contribution in [0.3, 0.4) is 0 Å². The minimum absolute atomic E-state index is 0.314. The molecule has 0 bridgehead atoms. The Labute approximate surface area is 145 Å². The van der Waals surface area contributed by atoms with Gasteiger partial charge in [0.15, 0.2) is 10.6 Å². The van der Waals surface area contributed by atoms with E-state index in [1.165, 1.54) is 35.9 Å². The summed E-state index contributed by atoms with van der Waals surface area (Å²) in [5.41, 5.74) is 5.91. The monoisotopic (exact) mass is 337 g/mol. The summed E-state index contributed by atoms with van der Waals surface area (Å²) in [6, 6.07) is 10.0. The van der Waals surface area contributed by atoms with E-state index >= 15 is 0 Å². The molecule has 0 saturated heterocycles. The van der Waals surface area contributed by atoms with Crippen molar-refractivity contribution in [3.8, 4) is 16.3 Å². The number of aryl methyl sites for hydroxylation is 1. The Bertz CT molecular complexity index is 928. The van der Waals surface area contributed by atoms with Crippen molar-refractivity contribution in [3.05, 3.63) is 52.7 Å². The minimum Gasteiger partial charge on any atom is -0.458 e. The second kappa shape index (κ2) is 6.02. The number of thiazole rings is 1. The van der Waals surface area contributed by atoms with E-state index in [0.717, 1.165) is 40.1 Å². The van der Waals surface area contributed by atoms with Gasteiger partial charge in [0.1, 0.15) is 0 Å². The SMILES string of the molecule is CCc1c2c(c(C=N)c3sc(-c4ccccc4)c(O)[n+]13)CCCC2. The van der Waals surface area contributed by atoms with Gasteiger partial charge in [0.25, 0.3) is 4.83 Å². The lowest BCUT2D eigenvalue weighted by atomic mass is 9.87. The predicted octanol–water partition coefficient (Wildman–Crippen LogP) is 4.30. The molecule has 0 aliphatic heterocycles. The molecule has 1 aliphatic carbocycles. The Morgan fingerprint density at radius 2 is 1.88 bits per heavy atom. The van der Waals surface area contributed by atoms with Gasteiger partial charge in [-0.3, -0.25) is 0 Å². The largest absolute Gasteiger partial charge is 0.458 e. The van der Waals surface area contributed by atoms with Gasteiger partial charge in [-0.1, -0.05) is 48.6 Å². The molecule has 2 heterocycles. The number of fused-ring (bicyclic) bond motifs is 2. The van der Waals surface area contributed by atoms with Crippen LogP contribution in [0.4, 0.5) is 0 Å². The summed E-state index contributed by atoms with van der Waals surface area (Å²) in [6.07, 6.45) is 6.85. The number of rotatable bonds is 3. The van der Waals surface area contributed by atoms with Crippen molar-refractivity contribution < 1.29 is 9.51 Å². The van der Waals surface area contributed by atoms with Crippen molar-refractivity contribution in [1.29, 1.82) is 5.41 Å². The molecule has 2 N–H and O–H groups in total. The summed E-state index contributed by atoms with van der Waals surface area (Å²) in [7, 11) is 0. The van der Waals surface area contributed by atoms with E-state index in [1.54, 1.807) is 11.3 Å². The molecule has 0 unspecified atom stereocenters. The van der Waals surface area contributed by atoms with Crippen LogP contribution in [0.1, 0.15) is 42.1 Å². The fraction of sp³-hybridized carbons (Fsp3) is 0.300. The van der Waals surface area contributed by atoms with E-state index in [0.29, 0.717) is 5.88 Å². The summed E-state index contributed by atoms with van der Waals surface area (Å²) in [5, 5.41) is 18.9. The number of aromatic nitrogens is 1. The van der Waals surface area contributed by atoms with Crippen molar-refractivity contribution >= 4 is 22.4 Å². The van der Waals surface area contributed by atoms with Crippen LogP contribution in [0.25, 0.3) is 15.3 Å². The van der Waals surface area contributed by atoms with Crippen LogP contribution >= 0.6 is 11.3 Å². The van der Waals surface area contributed by atoms with Gasteiger partial charge in [0.2, 0.25) is 0 Å². The molecule has 1 aliphatic rings. The molecule has 24 heavy (non-hydrogen) atoms. The molecule has 4 rings (SSSR count). The Hall–Kier alpha value is -2.20. The third kappa shape index (κ3) is 2.17. The van der Waals surface area contributed by atoms with Crippen molar-refractivity contribution in [2.24, 2.45) is 0 Å². The second-order valence-corrected chi connectivity index (χ2v) is 7.28. The number of hydrogen-bond acceptors (Lipinski definition) is 3. The molecule has 0 spiro atoms. The van der Waals surface area contributed by atoms with Crippen molar-refractivity contribution in [3.63, 3.8) is 0 Å². The van der Waals surface area contributed by atoms with Gasteiger partial charge >= 0.3 is 5.88 Å². The van der Waals surface area contributed by atoms with Crippen molar-refractivity contribution in [2.75, 3.05) is 0 Å². The van der Waals surface area contributed by atoms with Crippen molar-refractivity contribution in [2.45, 2.75) is 39.0 Å².